The van der Waals surface area contributed by atoms with Gasteiger partial charge in [0.1, 0.15) is 5.76 Å². The van der Waals surface area contributed by atoms with Crippen LogP contribution >= 0.6 is 39.1 Å². The molecule has 0 bridgehead atoms. The van der Waals surface area contributed by atoms with Gasteiger partial charge in [-0.05, 0) is 29.8 Å². The van der Waals surface area contributed by atoms with E-state index in [1.165, 1.54) is 0 Å². The molecular weight excluding hydrogens is 361 g/mol. The van der Waals surface area contributed by atoms with Gasteiger partial charge in [-0.15, -0.1) is 0 Å². The zero-order valence-corrected chi connectivity index (χ0v) is 13.3. The van der Waals surface area contributed by atoms with E-state index in [0.717, 1.165) is 15.4 Å². The number of benzene rings is 2. The molecule has 102 valence electrons. The lowest BCUT2D eigenvalue weighted by Crippen LogP contribution is -2.11. The lowest BCUT2D eigenvalue weighted by atomic mass is 10.1. The molecule has 2 N–H and O–H groups in total. The Morgan fingerprint density at radius 2 is 1.85 bits per heavy atom. The van der Waals surface area contributed by atoms with E-state index in [1.54, 1.807) is 6.07 Å². The SMILES string of the molecule is NC(c1cc2cc(Cl)cc(Cl)c2o1)c1ccccc1Br. The molecule has 0 spiro atoms. The fourth-order valence-corrected chi connectivity index (χ4v) is 3.21. The molecule has 0 saturated heterocycles. The molecule has 20 heavy (non-hydrogen) atoms. The molecule has 0 aliphatic rings. The molecular formula is C15H10BrCl2NO. The first-order chi connectivity index (χ1) is 9.56. The Kier molecular flexibility index (Phi) is 3.78. The van der Waals surface area contributed by atoms with Crippen LogP contribution in [0.5, 0.6) is 0 Å². The van der Waals surface area contributed by atoms with Crippen LogP contribution in [-0.2, 0) is 0 Å². The van der Waals surface area contributed by atoms with E-state index < -0.39 is 0 Å². The standard InChI is InChI=1S/C15H10BrCl2NO/c16-11-4-2-1-3-10(11)14(19)13-6-8-5-9(17)7-12(18)15(8)20-13/h1-7,14H,19H2. The third kappa shape index (κ3) is 2.47. The van der Waals surface area contributed by atoms with Crippen LogP contribution in [0.4, 0.5) is 0 Å². The van der Waals surface area contributed by atoms with E-state index in [9.17, 15) is 0 Å². The van der Waals surface area contributed by atoms with Crippen molar-refractivity contribution in [2.24, 2.45) is 5.73 Å². The monoisotopic (exact) mass is 369 g/mol. The Labute approximate surface area is 134 Å². The van der Waals surface area contributed by atoms with Crippen LogP contribution in [0.3, 0.4) is 0 Å². The minimum Gasteiger partial charge on any atom is -0.457 e. The summed E-state index contributed by atoms with van der Waals surface area (Å²) in [4.78, 5) is 0. The number of hydrogen-bond donors (Lipinski definition) is 1. The molecule has 0 aliphatic heterocycles. The van der Waals surface area contributed by atoms with Gasteiger partial charge in [0.15, 0.2) is 5.58 Å². The smallest absolute Gasteiger partial charge is 0.153 e. The van der Waals surface area contributed by atoms with Crippen molar-refractivity contribution in [1.82, 2.24) is 0 Å². The van der Waals surface area contributed by atoms with Crippen molar-refractivity contribution in [1.29, 1.82) is 0 Å². The summed E-state index contributed by atoms with van der Waals surface area (Å²) in [5.74, 6) is 0.649. The Bertz CT molecular complexity index is 785. The molecule has 1 unspecified atom stereocenters. The maximum absolute atomic E-state index is 6.27. The van der Waals surface area contributed by atoms with Crippen molar-refractivity contribution >= 4 is 50.1 Å². The van der Waals surface area contributed by atoms with E-state index >= 15 is 0 Å². The molecule has 3 rings (SSSR count). The maximum Gasteiger partial charge on any atom is 0.153 e. The van der Waals surface area contributed by atoms with Crippen molar-refractivity contribution in [2.75, 3.05) is 0 Å². The predicted octanol–water partition coefficient (Wildman–Crippen LogP) is 5.55. The number of hydrogen-bond acceptors (Lipinski definition) is 2. The van der Waals surface area contributed by atoms with Crippen molar-refractivity contribution in [2.45, 2.75) is 6.04 Å². The highest BCUT2D eigenvalue weighted by molar-refractivity contribution is 9.10. The number of halogens is 3. The third-order valence-corrected chi connectivity index (χ3v) is 4.32. The molecule has 0 radical (unpaired) electrons. The Morgan fingerprint density at radius 1 is 1.10 bits per heavy atom. The van der Waals surface area contributed by atoms with Crippen molar-refractivity contribution in [3.63, 3.8) is 0 Å². The van der Waals surface area contributed by atoms with Crippen molar-refractivity contribution in [3.05, 3.63) is 68.3 Å². The van der Waals surface area contributed by atoms with Gasteiger partial charge in [-0.2, -0.15) is 0 Å². The summed E-state index contributed by atoms with van der Waals surface area (Å²) in [5, 5.41) is 1.90. The second kappa shape index (κ2) is 5.41. The third-order valence-electron chi connectivity index (χ3n) is 3.10. The first kappa shape index (κ1) is 14.0. The largest absolute Gasteiger partial charge is 0.457 e. The summed E-state index contributed by atoms with van der Waals surface area (Å²) in [6.07, 6.45) is 0. The van der Waals surface area contributed by atoms with Crippen LogP contribution in [0.25, 0.3) is 11.0 Å². The molecule has 0 amide bonds. The Hall–Kier alpha value is -1.000. The van der Waals surface area contributed by atoms with Crippen LogP contribution in [0.2, 0.25) is 10.0 Å². The van der Waals surface area contributed by atoms with Gasteiger partial charge in [0.2, 0.25) is 0 Å². The van der Waals surface area contributed by atoms with Gasteiger partial charge in [0.05, 0.1) is 11.1 Å². The molecule has 3 aromatic rings. The maximum atomic E-state index is 6.27. The van der Waals surface area contributed by atoms with Gasteiger partial charge in [-0.1, -0.05) is 57.3 Å². The lowest BCUT2D eigenvalue weighted by Gasteiger charge is -2.10. The topological polar surface area (TPSA) is 39.2 Å². The summed E-state index contributed by atoms with van der Waals surface area (Å²) in [5.41, 5.74) is 7.83. The van der Waals surface area contributed by atoms with E-state index in [4.69, 9.17) is 33.4 Å². The van der Waals surface area contributed by atoms with Crippen molar-refractivity contribution < 1.29 is 4.42 Å². The van der Waals surface area contributed by atoms with E-state index in [-0.39, 0.29) is 6.04 Å². The molecule has 0 aliphatic carbocycles. The molecule has 0 fully saturated rings. The van der Waals surface area contributed by atoms with Gasteiger partial charge in [-0.3, -0.25) is 0 Å². The number of nitrogens with two attached hydrogens (primary N) is 1. The lowest BCUT2D eigenvalue weighted by molar-refractivity contribution is 0.524. The molecule has 1 atom stereocenters. The van der Waals surface area contributed by atoms with Gasteiger partial charge in [0.25, 0.3) is 0 Å². The molecule has 1 aromatic heterocycles. The molecule has 0 saturated carbocycles. The van der Waals surface area contributed by atoms with Gasteiger partial charge in [0, 0.05) is 14.9 Å². The highest BCUT2D eigenvalue weighted by Crippen LogP contribution is 2.34. The first-order valence-electron chi connectivity index (χ1n) is 5.95. The second-order valence-electron chi connectivity index (χ2n) is 4.45. The summed E-state index contributed by atoms with van der Waals surface area (Å²) in [6, 6.07) is 12.7. The Balaban J connectivity index is 2.11. The van der Waals surface area contributed by atoms with E-state index in [2.05, 4.69) is 15.9 Å². The highest BCUT2D eigenvalue weighted by atomic mass is 79.9. The zero-order chi connectivity index (χ0) is 14.3. The summed E-state index contributed by atoms with van der Waals surface area (Å²) < 4.78 is 6.73. The quantitative estimate of drug-likeness (QED) is 0.642. The molecule has 1 heterocycles. The fraction of sp³-hybridized carbons (Fsp3) is 0.0667. The van der Waals surface area contributed by atoms with Crippen LogP contribution < -0.4 is 5.73 Å². The number of rotatable bonds is 2. The minimum atomic E-state index is -0.368. The predicted molar refractivity (Wildman–Crippen MR) is 86.4 cm³/mol. The Morgan fingerprint density at radius 3 is 2.60 bits per heavy atom. The van der Waals surface area contributed by atoms with Gasteiger partial charge >= 0.3 is 0 Å². The van der Waals surface area contributed by atoms with Crippen LogP contribution in [0, 0.1) is 0 Å². The second-order valence-corrected chi connectivity index (χ2v) is 6.15. The highest BCUT2D eigenvalue weighted by Gasteiger charge is 2.17. The zero-order valence-electron chi connectivity index (χ0n) is 10.2. The normalized spacial score (nSPS) is 12.8. The van der Waals surface area contributed by atoms with Crippen LogP contribution in [-0.4, -0.2) is 0 Å². The van der Waals surface area contributed by atoms with Gasteiger partial charge < -0.3 is 10.2 Å². The molecule has 2 aromatic carbocycles. The number of fused-ring (bicyclic) bond motifs is 1. The average Bonchev–Trinajstić information content (AvgIpc) is 2.82. The van der Waals surface area contributed by atoms with E-state index in [1.807, 2.05) is 36.4 Å². The number of furan rings is 1. The summed E-state index contributed by atoms with van der Waals surface area (Å²) >= 11 is 15.6. The van der Waals surface area contributed by atoms with Crippen LogP contribution in [0.15, 0.2) is 51.4 Å². The van der Waals surface area contributed by atoms with E-state index in [0.29, 0.717) is 21.4 Å². The molecule has 2 nitrogen and oxygen atoms in total. The average molecular weight is 371 g/mol. The van der Waals surface area contributed by atoms with Gasteiger partial charge in [-0.25, -0.2) is 0 Å². The first-order valence-corrected chi connectivity index (χ1v) is 7.49. The van der Waals surface area contributed by atoms with Crippen LogP contribution in [0.1, 0.15) is 17.4 Å². The summed E-state index contributed by atoms with van der Waals surface area (Å²) in [7, 11) is 0. The minimum absolute atomic E-state index is 0.368. The molecule has 5 heteroatoms. The van der Waals surface area contributed by atoms with Crippen molar-refractivity contribution in [3.8, 4) is 0 Å². The fourth-order valence-electron chi connectivity index (χ4n) is 2.13. The summed E-state index contributed by atoms with van der Waals surface area (Å²) in [6.45, 7) is 0.